The van der Waals surface area contributed by atoms with Gasteiger partial charge in [0.2, 0.25) is 12.2 Å². The zero-order valence-corrected chi connectivity index (χ0v) is 15.3. The third-order valence-corrected chi connectivity index (χ3v) is 4.80. The van der Waals surface area contributed by atoms with E-state index in [1.165, 1.54) is 6.20 Å². The summed E-state index contributed by atoms with van der Waals surface area (Å²) in [6.07, 6.45) is 0.685. The fourth-order valence-electron chi connectivity index (χ4n) is 3.28. The van der Waals surface area contributed by atoms with Crippen LogP contribution in [-0.4, -0.2) is 28.9 Å². The van der Waals surface area contributed by atoms with Gasteiger partial charge in [0.05, 0.1) is 17.0 Å². The lowest BCUT2D eigenvalue weighted by Crippen LogP contribution is -2.32. The van der Waals surface area contributed by atoms with E-state index in [2.05, 4.69) is 5.32 Å². The van der Waals surface area contributed by atoms with E-state index >= 15 is 0 Å². The number of pyridine rings is 1. The summed E-state index contributed by atoms with van der Waals surface area (Å²) in [5.41, 5.74) is 1.01. The number of amides is 1. The molecule has 3 aromatic rings. The van der Waals surface area contributed by atoms with Gasteiger partial charge >= 0.3 is 0 Å². The number of fused-ring (bicyclic) bond motifs is 2. The molecule has 0 bridgehead atoms. The third-order valence-electron chi connectivity index (χ3n) is 4.80. The van der Waals surface area contributed by atoms with Crippen LogP contribution in [0.15, 0.2) is 53.5 Å². The van der Waals surface area contributed by atoms with E-state index in [1.54, 1.807) is 24.3 Å². The van der Waals surface area contributed by atoms with Crippen molar-refractivity contribution in [2.45, 2.75) is 19.6 Å². The Labute approximate surface area is 161 Å². The van der Waals surface area contributed by atoms with Crippen LogP contribution in [0.3, 0.4) is 0 Å². The minimum absolute atomic E-state index is 0.00753. The number of hydrogen-bond donors (Lipinski definition) is 2. The smallest absolute Gasteiger partial charge is 0.256 e. The summed E-state index contributed by atoms with van der Waals surface area (Å²) < 4.78 is 12.6. The predicted molar refractivity (Wildman–Crippen MR) is 104 cm³/mol. The second-order valence-electron chi connectivity index (χ2n) is 6.52. The standard InChI is InChI=1S/C21H20N2O5/c1-2-23-11-15(21(26)22-10-17(24)13-6-4-3-5-7-13)20(25)14-8-18-19(9-16(14)23)28-12-27-18/h3-9,11,17,24H,2,10,12H2,1H3,(H,22,26). The van der Waals surface area contributed by atoms with Crippen molar-refractivity contribution in [3.8, 4) is 11.5 Å². The molecule has 0 saturated heterocycles. The van der Waals surface area contributed by atoms with Crippen molar-refractivity contribution in [2.24, 2.45) is 0 Å². The number of rotatable bonds is 5. The van der Waals surface area contributed by atoms with E-state index in [-0.39, 0.29) is 24.3 Å². The molecule has 7 heteroatoms. The monoisotopic (exact) mass is 380 g/mol. The van der Waals surface area contributed by atoms with Gasteiger partial charge in [0, 0.05) is 25.4 Å². The normalized spacial score (nSPS) is 13.5. The molecule has 0 saturated carbocycles. The van der Waals surface area contributed by atoms with Gasteiger partial charge in [0.15, 0.2) is 11.5 Å². The van der Waals surface area contributed by atoms with E-state index in [0.29, 0.717) is 34.5 Å². The van der Waals surface area contributed by atoms with Gasteiger partial charge < -0.3 is 24.5 Å². The highest BCUT2D eigenvalue weighted by Gasteiger charge is 2.21. The van der Waals surface area contributed by atoms with Crippen molar-refractivity contribution in [3.05, 3.63) is 70.0 Å². The maximum atomic E-state index is 12.9. The van der Waals surface area contributed by atoms with Gasteiger partial charge in [0.1, 0.15) is 5.56 Å². The van der Waals surface area contributed by atoms with Crippen LogP contribution >= 0.6 is 0 Å². The number of carbonyl (C=O) groups is 1. The molecule has 2 heterocycles. The molecule has 0 aliphatic carbocycles. The molecule has 2 N–H and O–H groups in total. The first-order valence-corrected chi connectivity index (χ1v) is 9.06. The Morgan fingerprint density at radius 3 is 2.64 bits per heavy atom. The maximum Gasteiger partial charge on any atom is 0.256 e. The number of aliphatic hydroxyl groups is 1. The molecular formula is C21H20N2O5. The van der Waals surface area contributed by atoms with E-state index in [0.717, 1.165) is 0 Å². The average molecular weight is 380 g/mol. The Morgan fingerprint density at radius 2 is 1.93 bits per heavy atom. The Hall–Kier alpha value is -3.32. The molecule has 144 valence electrons. The van der Waals surface area contributed by atoms with Gasteiger partial charge in [-0.3, -0.25) is 9.59 Å². The zero-order valence-electron chi connectivity index (χ0n) is 15.3. The number of nitrogens with zero attached hydrogens (tertiary/aromatic N) is 1. The summed E-state index contributed by atoms with van der Waals surface area (Å²) in [6, 6.07) is 12.4. The number of aromatic nitrogens is 1. The second-order valence-corrected chi connectivity index (χ2v) is 6.52. The Kier molecular flexibility index (Phi) is 4.75. The molecule has 1 amide bonds. The first-order valence-electron chi connectivity index (χ1n) is 9.06. The molecule has 0 fully saturated rings. The van der Waals surface area contributed by atoms with Crippen LogP contribution in [0.1, 0.15) is 28.9 Å². The molecule has 0 spiro atoms. The van der Waals surface area contributed by atoms with E-state index in [1.807, 2.05) is 29.7 Å². The largest absolute Gasteiger partial charge is 0.454 e. The molecular weight excluding hydrogens is 360 g/mol. The van der Waals surface area contributed by atoms with Crippen molar-refractivity contribution >= 4 is 16.8 Å². The molecule has 1 atom stereocenters. The summed E-state index contributed by atoms with van der Waals surface area (Å²) >= 11 is 0. The molecule has 2 aromatic carbocycles. The first-order chi connectivity index (χ1) is 13.6. The van der Waals surface area contributed by atoms with Gasteiger partial charge in [0.25, 0.3) is 5.91 Å². The van der Waals surface area contributed by atoms with Crippen LogP contribution in [0.2, 0.25) is 0 Å². The highest BCUT2D eigenvalue weighted by Crippen LogP contribution is 2.35. The predicted octanol–water partition coefficient (Wildman–Crippen LogP) is 2.21. The summed E-state index contributed by atoms with van der Waals surface area (Å²) in [4.78, 5) is 25.6. The fourth-order valence-corrected chi connectivity index (χ4v) is 3.28. The Bertz CT molecular complexity index is 1090. The number of aryl methyl sites for hydroxylation is 1. The second kappa shape index (κ2) is 7.36. The lowest BCUT2D eigenvalue weighted by Gasteiger charge is -2.14. The summed E-state index contributed by atoms with van der Waals surface area (Å²) in [5.74, 6) is 0.545. The molecule has 0 radical (unpaired) electrons. The number of benzene rings is 2. The van der Waals surface area contributed by atoms with Gasteiger partial charge in [-0.1, -0.05) is 30.3 Å². The minimum Gasteiger partial charge on any atom is -0.454 e. The summed E-state index contributed by atoms with van der Waals surface area (Å²) in [6.45, 7) is 2.61. The van der Waals surface area contributed by atoms with Crippen LogP contribution < -0.4 is 20.2 Å². The van der Waals surface area contributed by atoms with E-state index < -0.39 is 12.0 Å². The molecule has 4 rings (SSSR count). The van der Waals surface area contributed by atoms with E-state index in [4.69, 9.17) is 9.47 Å². The van der Waals surface area contributed by atoms with Crippen LogP contribution in [0, 0.1) is 0 Å². The van der Waals surface area contributed by atoms with Crippen LogP contribution in [-0.2, 0) is 6.54 Å². The number of aliphatic hydroxyl groups excluding tert-OH is 1. The van der Waals surface area contributed by atoms with Crippen LogP contribution in [0.5, 0.6) is 11.5 Å². The van der Waals surface area contributed by atoms with Gasteiger partial charge in [-0.25, -0.2) is 0 Å². The fraction of sp³-hybridized carbons (Fsp3) is 0.238. The van der Waals surface area contributed by atoms with Gasteiger partial charge in [-0.05, 0) is 18.6 Å². The average Bonchev–Trinajstić information content (AvgIpc) is 3.19. The highest BCUT2D eigenvalue weighted by atomic mass is 16.7. The number of ether oxygens (including phenoxy) is 2. The van der Waals surface area contributed by atoms with Crippen molar-refractivity contribution in [1.29, 1.82) is 0 Å². The summed E-state index contributed by atoms with van der Waals surface area (Å²) in [5, 5.41) is 13.3. The lowest BCUT2D eigenvalue weighted by molar-refractivity contribution is 0.0914. The summed E-state index contributed by atoms with van der Waals surface area (Å²) in [7, 11) is 0. The highest BCUT2D eigenvalue weighted by molar-refractivity contribution is 5.97. The topological polar surface area (TPSA) is 89.8 Å². The zero-order chi connectivity index (χ0) is 19.7. The molecule has 7 nitrogen and oxygen atoms in total. The van der Waals surface area contributed by atoms with Crippen LogP contribution in [0.25, 0.3) is 10.9 Å². The molecule has 1 aliphatic heterocycles. The quantitative estimate of drug-likeness (QED) is 0.708. The minimum atomic E-state index is -0.854. The van der Waals surface area contributed by atoms with Crippen LogP contribution in [0.4, 0.5) is 0 Å². The first kappa shape index (κ1) is 18.1. The Balaban J connectivity index is 1.64. The number of carbonyl (C=O) groups excluding carboxylic acids is 1. The SMILES string of the molecule is CCn1cc(C(=O)NCC(O)c2ccccc2)c(=O)c2cc3c(cc21)OCO3. The van der Waals surface area contributed by atoms with Crippen molar-refractivity contribution < 1.29 is 19.4 Å². The lowest BCUT2D eigenvalue weighted by atomic mass is 10.1. The van der Waals surface area contributed by atoms with Gasteiger partial charge in [-0.2, -0.15) is 0 Å². The van der Waals surface area contributed by atoms with Crippen molar-refractivity contribution in [1.82, 2.24) is 9.88 Å². The number of hydrogen-bond acceptors (Lipinski definition) is 5. The maximum absolute atomic E-state index is 12.9. The number of nitrogens with one attached hydrogen (secondary N) is 1. The van der Waals surface area contributed by atoms with E-state index in [9.17, 15) is 14.7 Å². The third kappa shape index (κ3) is 3.20. The molecule has 28 heavy (non-hydrogen) atoms. The van der Waals surface area contributed by atoms with Crippen molar-refractivity contribution in [2.75, 3.05) is 13.3 Å². The molecule has 1 aromatic heterocycles. The van der Waals surface area contributed by atoms with Crippen molar-refractivity contribution in [3.63, 3.8) is 0 Å². The molecule has 1 unspecified atom stereocenters. The Morgan fingerprint density at radius 1 is 1.21 bits per heavy atom. The molecule has 1 aliphatic rings. The van der Waals surface area contributed by atoms with Gasteiger partial charge in [-0.15, -0.1) is 0 Å².